The first-order valence-electron chi connectivity index (χ1n) is 10.9. The van der Waals surface area contributed by atoms with Crippen LogP contribution in [0.3, 0.4) is 0 Å². The highest BCUT2D eigenvalue weighted by atomic mass is 16.6. The van der Waals surface area contributed by atoms with E-state index >= 15 is 0 Å². The van der Waals surface area contributed by atoms with Crippen molar-refractivity contribution >= 4 is 16.6 Å². The number of ether oxygens (including phenoxy) is 1. The first kappa shape index (κ1) is 21.8. The van der Waals surface area contributed by atoms with Gasteiger partial charge in [-0.3, -0.25) is 24.0 Å². The molecule has 34 heavy (non-hydrogen) atoms. The molecule has 0 aliphatic carbocycles. The maximum absolute atomic E-state index is 13.5. The molecule has 2 aromatic heterocycles. The maximum Gasteiger partial charge on any atom is 0.331 e. The second kappa shape index (κ2) is 7.53. The van der Waals surface area contributed by atoms with Gasteiger partial charge < -0.3 is 9.30 Å². The summed E-state index contributed by atoms with van der Waals surface area (Å²) in [5.41, 5.74) is 2.10. The highest BCUT2D eigenvalue weighted by Crippen LogP contribution is 2.45. The van der Waals surface area contributed by atoms with Crippen molar-refractivity contribution in [1.82, 2.24) is 13.7 Å². The summed E-state index contributed by atoms with van der Waals surface area (Å²) < 4.78 is 11.0. The molecule has 174 valence electrons. The van der Waals surface area contributed by atoms with E-state index in [1.807, 2.05) is 44.2 Å². The number of nitro groups is 1. The quantitative estimate of drug-likeness (QED) is 0.344. The predicted octanol–water partition coefficient (Wildman–Crippen LogP) is 3.47. The van der Waals surface area contributed by atoms with Gasteiger partial charge in [0.2, 0.25) is 0 Å². The highest BCUT2D eigenvalue weighted by molar-refractivity contribution is 5.96. The normalized spacial score (nSPS) is 17.0. The van der Waals surface area contributed by atoms with Crippen LogP contribution in [-0.2, 0) is 24.4 Å². The second-order valence-electron chi connectivity index (χ2n) is 9.22. The van der Waals surface area contributed by atoms with Crippen molar-refractivity contribution < 1.29 is 9.66 Å². The van der Waals surface area contributed by atoms with E-state index in [-0.39, 0.29) is 11.2 Å². The third-order valence-electron chi connectivity index (χ3n) is 6.52. The Labute approximate surface area is 194 Å². The molecule has 0 amide bonds. The van der Waals surface area contributed by atoms with Crippen molar-refractivity contribution in [2.24, 2.45) is 14.1 Å². The molecule has 0 unspecified atom stereocenters. The smallest absolute Gasteiger partial charge is 0.331 e. The van der Waals surface area contributed by atoms with Crippen LogP contribution in [0.25, 0.3) is 22.2 Å². The average molecular weight is 460 g/mol. The Morgan fingerprint density at radius 3 is 2.26 bits per heavy atom. The maximum atomic E-state index is 13.5. The zero-order chi connectivity index (χ0) is 24.4. The zero-order valence-corrected chi connectivity index (χ0v) is 19.3. The highest BCUT2D eigenvalue weighted by Gasteiger charge is 2.40. The number of rotatable bonds is 3. The van der Waals surface area contributed by atoms with Crippen LogP contribution in [0.15, 0.2) is 64.2 Å². The summed E-state index contributed by atoms with van der Waals surface area (Å²) in [6.45, 7) is 4.39. The summed E-state index contributed by atoms with van der Waals surface area (Å²) in [6, 6.07) is 15.8. The Morgan fingerprint density at radius 2 is 1.65 bits per heavy atom. The van der Waals surface area contributed by atoms with E-state index in [4.69, 9.17) is 4.74 Å². The van der Waals surface area contributed by atoms with Crippen LogP contribution in [-0.4, -0.2) is 25.2 Å². The molecule has 5 rings (SSSR count). The molecule has 9 heteroatoms. The number of aryl methyl sites for hydroxylation is 1. The van der Waals surface area contributed by atoms with Gasteiger partial charge in [0.25, 0.3) is 11.2 Å². The van der Waals surface area contributed by atoms with Crippen molar-refractivity contribution in [2.45, 2.75) is 25.5 Å². The topological polar surface area (TPSA) is 101 Å². The molecule has 0 bridgehead atoms. The molecule has 3 heterocycles. The third kappa shape index (κ3) is 3.04. The summed E-state index contributed by atoms with van der Waals surface area (Å²) in [6.07, 6.45) is -0.619. The number of fused-ring (bicyclic) bond motifs is 3. The first-order valence-corrected chi connectivity index (χ1v) is 10.9. The van der Waals surface area contributed by atoms with E-state index in [0.717, 1.165) is 15.8 Å². The first-order chi connectivity index (χ1) is 16.1. The Bertz CT molecular complexity index is 1560. The number of hydrogen-bond donors (Lipinski definition) is 0. The van der Waals surface area contributed by atoms with Gasteiger partial charge in [-0.25, -0.2) is 4.79 Å². The number of hydrogen-bond acceptors (Lipinski definition) is 5. The molecule has 0 spiro atoms. The molecule has 0 fully saturated rings. The van der Waals surface area contributed by atoms with Crippen LogP contribution in [0.4, 0.5) is 5.69 Å². The fourth-order valence-electron chi connectivity index (χ4n) is 4.89. The van der Waals surface area contributed by atoms with Crippen LogP contribution in [0, 0.1) is 10.1 Å². The number of nitrogens with zero attached hydrogens (tertiary/aromatic N) is 4. The van der Waals surface area contributed by atoms with E-state index < -0.39 is 22.3 Å². The molecule has 0 radical (unpaired) electrons. The van der Waals surface area contributed by atoms with Gasteiger partial charge in [0.1, 0.15) is 6.10 Å². The molecule has 0 N–H and O–H groups in total. The van der Waals surface area contributed by atoms with Crippen molar-refractivity contribution in [3.63, 3.8) is 0 Å². The summed E-state index contributed by atoms with van der Waals surface area (Å²) in [4.78, 5) is 37.2. The molecule has 9 nitrogen and oxygen atoms in total. The summed E-state index contributed by atoms with van der Waals surface area (Å²) in [7, 11) is 3.12. The molecule has 2 aromatic carbocycles. The minimum absolute atomic E-state index is 0.0219. The van der Waals surface area contributed by atoms with Gasteiger partial charge in [0.15, 0.2) is 0 Å². The Balaban J connectivity index is 1.95. The number of aromatic nitrogens is 3. The van der Waals surface area contributed by atoms with E-state index in [9.17, 15) is 19.7 Å². The summed E-state index contributed by atoms with van der Waals surface area (Å²) in [5, 5.41) is 11.6. The Kier molecular flexibility index (Phi) is 4.84. The van der Waals surface area contributed by atoms with Gasteiger partial charge in [-0.1, -0.05) is 30.3 Å². The van der Waals surface area contributed by atoms with Crippen LogP contribution >= 0.6 is 0 Å². The van der Waals surface area contributed by atoms with Gasteiger partial charge in [0.05, 0.1) is 39.4 Å². The molecule has 0 saturated heterocycles. The van der Waals surface area contributed by atoms with Crippen molar-refractivity contribution in [1.29, 1.82) is 0 Å². The molecule has 1 aliphatic rings. The zero-order valence-electron chi connectivity index (χ0n) is 19.3. The van der Waals surface area contributed by atoms with Gasteiger partial charge in [-0.2, -0.15) is 0 Å². The van der Waals surface area contributed by atoms with Gasteiger partial charge in [0, 0.05) is 26.2 Å². The lowest BCUT2D eigenvalue weighted by molar-refractivity contribution is -0.384. The van der Waals surface area contributed by atoms with E-state index in [2.05, 4.69) is 4.57 Å². The molecule has 0 saturated carbocycles. The largest absolute Gasteiger partial charge is 0.365 e. The third-order valence-corrected chi connectivity index (χ3v) is 6.52. The van der Waals surface area contributed by atoms with E-state index in [1.165, 1.54) is 23.7 Å². The fraction of sp³-hybridized carbons (Fsp3) is 0.280. The van der Waals surface area contributed by atoms with Crippen LogP contribution in [0.5, 0.6) is 0 Å². The number of nitro benzene ring substituents is 1. The van der Waals surface area contributed by atoms with Gasteiger partial charge >= 0.3 is 5.69 Å². The Hall–Kier alpha value is -3.98. The van der Waals surface area contributed by atoms with Crippen LogP contribution < -0.4 is 11.2 Å². The standard InChI is InChI=1S/C25H24N4O5/c1-25(2)14-34-22(16-10-12-17(13-11-16)29(32)33)21-20-18(23(30)27(4)24(31)26(20)3)19(28(21)25)15-8-6-5-7-9-15/h5-13,22H,14H2,1-4H3/t22-/m0/s1. The molecular weight excluding hydrogens is 436 g/mol. The van der Waals surface area contributed by atoms with E-state index in [1.54, 1.807) is 19.2 Å². The fourth-order valence-corrected chi connectivity index (χ4v) is 4.89. The lowest BCUT2D eigenvalue weighted by atomic mass is 9.98. The predicted molar refractivity (Wildman–Crippen MR) is 128 cm³/mol. The molecule has 1 aliphatic heterocycles. The van der Waals surface area contributed by atoms with Crippen molar-refractivity contribution in [3.05, 3.63) is 96.8 Å². The minimum Gasteiger partial charge on any atom is -0.365 e. The van der Waals surface area contributed by atoms with Crippen molar-refractivity contribution in [3.8, 4) is 11.3 Å². The van der Waals surface area contributed by atoms with Crippen LogP contribution in [0.1, 0.15) is 31.2 Å². The van der Waals surface area contributed by atoms with Gasteiger partial charge in [-0.05, 0) is 37.1 Å². The lowest BCUT2D eigenvalue weighted by Gasteiger charge is -2.39. The minimum atomic E-state index is -0.619. The van der Waals surface area contributed by atoms with Crippen molar-refractivity contribution in [2.75, 3.05) is 6.61 Å². The number of benzene rings is 2. The summed E-state index contributed by atoms with van der Waals surface area (Å²) in [5.74, 6) is 0. The SMILES string of the molecule is Cn1c(=O)c2c(-c3ccccc3)n3c(c2n(C)c1=O)[C@H](c1ccc([N+](=O)[O-])cc1)OCC3(C)C. The lowest BCUT2D eigenvalue weighted by Crippen LogP contribution is -2.40. The summed E-state index contributed by atoms with van der Waals surface area (Å²) >= 11 is 0. The molecular formula is C25H24N4O5. The Morgan fingerprint density at radius 1 is 1.00 bits per heavy atom. The van der Waals surface area contributed by atoms with Crippen LogP contribution in [0.2, 0.25) is 0 Å². The van der Waals surface area contributed by atoms with Gasteiger partial charge in [-0.15, -0.1) is 0 Å². The second-order valence-corrected chi connectivity index (χ2v) is 9.22. The number of non-ortho nitro benzene ring substituents is 1. The monoisotopic (exact) mass is 460 g/mol. The molecule has 4 aromatic rings. The molecule has 1 atom stereocenters. The average Bonchev–Trinajstić information content (AvgIpc) is 3.20. The van der Waals surface area contributed by atoms with E-state index in [0.29, 0.717) is 28.8 Å².